The number of hydrogen-bond donors (Lipinski definition) is 0. The number of carbonyl (C=O) groups excluding carboxylic acids is 1. The van der Waals surface area contributed by atoms with Crippen molar-refractivity contribution in [2.45, 2.75) is 0 Å². The Kier molecular flexibility index (Phi) is 7.00. The predicted molar refractivity (Wildman–Crippen MR) is 151 cm³/mol. The molecule has 38 heavy (non-hydrogen) atoms. The van der Waals surface area contributed by atoms with Crippen LogP contribution in [0.2, 0.25) is 0 Å². The highest BCUT2D eigenvalue weighted by Crippen LogP contribution is 2.51. The Morgan fingerprint density at radius 2 is 0.763 bits per heavy atom. The van der Waals surface area contributed by atoms with E-state index >= 15 is 0 Å². The van der Waals surface area contributed by atoms with E-state index in [2.05, 4.69) is 0 Å². The van der Waals surface area contributed by atoms with Gasteiger partial charge in [0, 0.05) is 22.3 Å². The standard InChI is InChI=1S/C33H28O5/c1-35-25-17-15-23(19-27(25)37-3)29-30(24-16-18-26(36-2)28(20-24)38-4)32(22-13-9-6-10-14-22)33(34)31(29)21-11-7-5-8-12-21/h5-20H,1-4H3. The van der Waals surface area contributed by atoms with Gasteiger partial charge < -0.3 is 18.9 Å². The molecule has 190 valence electrons. The van der Waals surface area contributed by atoms with Crippen LogP contribution in [-0.2, 0) is 4.79 Å². The molecule has 5 heteroatoms. The Balaban J connectivity index is 1.88. The summed E-state index contributed by atoms with van der Waals surface area (Å²) >= 11 is 0. The Hall–Kier alpha value is -4.77. The van der Waals surface area contributed by atoms with Crippen molar-refractivity contribution in [3.8, 4) is 23.0 Å². The van der Waals surface area contributed by atoms with Crippen LogP contribution in [0.4, 0.5) is 0 Å². The normalized spacial score (nSPS) is 13.1. The van der Waals surface area contributed by atoms with E-state index in [9.17, 15) is 4.79 Å². The van der Waals surface area contributed by atoms with Crippen molar-refractivity contribution in [2.75, 3.05) is 28.4 Å². The third-order valence-corrected chi connectivity index (χ3v) is 6.67. The van der Waals surface area contributed by atoms with Gasteiger partial charge in [0.1, 0.15) is 0 Å². The lowest BCUT2D eigenvalue weighted by Gasteiger charge is -2.17. The van der Waals surface area contributed by atoms with Crippen LogP contribution in [0.1, 0.15) is 22.3 Å². The average molecular weight is 505 g/mol. The van der Waals surface area contributed by atoms with Gasteiger partial charge >= 0.3 is 0 Å². The number of Topliss-reactive ketones (excluding diaryl/α,β-unsaturated/α-hetero) is 1. The maximum absolute atomic E-state index is 14.4. The third-order valence-electron chi connectivity index (χ3n) is 6.67. The Morgan fingerprint density at radius 1 is 0.395 bits per heavy atom. The van der Waals surface area contributed by atoms with Crippen molar-refractivity contribution in [1.82, 2.24) is 0 Å². The van der Waals surface area contributed by atoms with Gasteiger partial charge in [0.05, 0.1) is 28.4 Å². The number of allylic oxidation sites excluding steroid dienone is 4. The van der Waals surface area contributed by atoms with Crippen molar-refractivity contribution in [3.05, 3.63) is 119 Å². The maximum atomic E-state index is 14.4. The zero-order valence-electron chi connectivity index (χ0n) is 21.8. The predicted octanol–water partition coefficient (Wildman–Crippen LogP) is 6.83. The maximum Gasteiger partial charge on any atom is 0.195 e. The van der Waals surface area contributed by atoms with Gasteiger partial charge in [-0.3, -0.25) is 4.79 Å². The Labute approximate surface area is 222 Å². The smallest absolute Gasteiger partial charge is 0.195 e. The number of methoxy groups -OCH3 is 4. The summed E-state index contributed by atoms with van der Waals surface area (Å²) in [6, 6.07) is 31.0. The van der Waals surface area contributed by atoms with Gasteiger partial charge in [-0.1, -0.05) is 72.8 Å². The van der Waals surface area contributed by atoms with Crippen LogP contribution in [0.3, 0.4) is 0 Å². The third kappa shape index (κ3) is 4.33. The minimum atomic E-state index is -0.0445. The van der Waals surface area contributed by atoms with Gasteiger partial charge in [-0.05, 0) is 46.5 Å². The second-order valence-corrected chi connectivity index (χ2v) is 8.70. The first-order valence-corrected chi connectivity index (χ1v) is 12.2. The summed E-state index contributed by atoms with van der Waals surface area (Å²) in [5.41, 5.74) is 6.23. The molecule has 0 aliphatic heterocycles. The number of hydrogen-bond acceptors (Lipinski definition) is 5. The number of benzene rings is 4. The summed E-state index contributed by atoms with van der Waals surface area (Å²) in [4.78, 5) is 14.4. The molecule has 0 aromatic heterocycles. The van der Waals surface area contributed by atoms with Crippen LogP contribution in [0.25, 0.3) is 22.3 Å². The minimum absolute atomic E-state index is 0.0445. The Bertz CT molecular complexity index is 1430. The summed E-state index contributed by atoms with van der Waals surface area (Å²) in [7, 11) is 6.42. The largest absolute Gasteiger partial charge is 0.493 e. The molecule has 0 spiro atoms. The molecule has 5 rings (SSSR count). The van der Waals surface area contributed by atoms with Gasteiger partial charge in [0.25, 0.3) is 0 Å². The van der Waals surface area contributed by atoms with Crippen molar-refractivity contribution in [1.29, 1.82) is 0 Å². The minimum Gasteiger partial charge on any atom is -0.493 e. The van der Waals surface area contributed by atoms with Crippen LogP contribution in [0, 0.1) is 0 Å². The SMILES string of the molecule is COc1ccc(C2=C(c3ccccc3)C(=O)C(c3ccccc3)=C2c2ccc(OC)c(OC)c2)cc1OC. The summed E-state index contributed by atoms with van der Waals surface area (Å²) in [6.07, 6.45) is 0. The molecule has 0 bridgehead atoms. The van der Waals surface area contributed by atoms with Gasteiger partial charge in [0.2, 0.25) is 0 Å². The van der Waals surface area contributed by atoms with E-state index in [4.69, 9.17) is 18.9 Å². The van der Waals surface area contributed by atoms with Crippen LogP contribution in [0.15, 0.2) is 97.1 Å². The molecule has 0 heterocycles. The summed E-state index contributed by atoms with van der Waals surface area (Å²) in [6.45, 7) is 0. The van der Waals surface area contributed by atoms with Crippen LogP contribution < -0.4 is 18.9 Å². The lowest BCUT2D eigenvalue weighted by atomic mass is 9.89. The first-order chi connectivity index (χ1) is 18.6. The van der Waals surface area contributed by atoms with E-state index in [0.29, 0.717) is 34.1 Å². The molecule has 0 saturated heterocycles. The molecular weight excluding hydrogens is 476 g/mol. The zero-order valence-corrected chi connectivity index (χ0v) is 21.8. The fraction of sp³-hybridized carbons (Fsp3) is 0.121. The van der Waals surface area contributed by atoms with E-state index in [-0.39, 0.29) is 5.78 Å². The highest BCUT2D eigenvalue weighted by molar-refractivity contribution is 6.59. The highest BCUT2D eigenvalue weighted by Gasteiger charge is 2.36. The molecule has 0 amide bonds. The molecule has 1 aliphatic rings. The molecule has 0 unspecified atom stereocenters. The van der Waals surface area contributed by atoms with Gasteiger partial charge in [-0.2, -0.15) is 0 Å². The molecule has 0 radical (unpaired) electrons. The quantitative estimate of drug-likeness (QED) is 0.263. The monoisotopic (exact) mass is 504 g/mol. The lowest BCUT2D eigenvalue weighted by molar-refractivity contribution is -0.108. The number of carbonyl (C=O) groups is 1. The van der Waals surface area contributed by atoms with E-state index < -0.39 is 0 Å². The summed E-state index contributed by atoms with van der Waals surface area (Å²) < 4.78 is 22.3. The van der Waals surface area contributed by atoms with E-state index in [1.165, 1.54) is 0 Å². The van der Waals surface area contributed by atoms with Crippen LogP contribution in [-0.4, -0.2) is 34.2 Å². The van der Waals surface area contributed by atoms with Gasteiger partial charge in [-0.25, -0.2) is 0 Å². The van der Waals surface area contributed by atoms with E-state index in [1.807, 2.05) is 97.1 Å². The fourth-order valence-corrected chi connectivity index (χ4v) is 4.92. The number of rotatable bonds is 8. The zero-order chi connectivity index (χ0) is 26.6. The van der Waals surface area contributed by atoms with Gasteiger partial charge in [0.15, 0.2) is 28.8 Å². The van der Waals surface area contributed by atoms with Crippen molar-refractivity contribution >= 4 is 28.1 Å². The molecule has 1 aliphatic carbocycles. The van der Waals surface area contributed by atoms with Crippen LogP contribution in [0.5, 0.6) is 23.0 Å². The molecule has 4 aromatic carbocycles. The summed E-state index contributed by atoms with van der Waals surface area (Å²) in [5.74, 6) is 2.34. The van der Waals surface area contributed by atoms with E-state index in [1.54, 1.807) is 28.4 Å². The molecule has 4 aromatic rings. The highest BCUT2D eigenvalue weighted by atomic mass is 16.5. The van der Waals surface area contributed by atoms with Crippen molar-refractivity contribution < 1.29 is 23.7 Å². The Morgan fingerprint density at radius 3 is 1.11 bits per heavy atom. The molecule has 0 N–H and O–H groups in total. The first-order valence-electron chi connectivity index (χ1n) is 12.2. The first kappa shape index (κ1) is 24.9. The van der Waals surface area contributed by atoms with E-state index in [0.717, 1.165) is 33.4 Å². The topological polar surface area (TPSA) is 54.0 Å². The number of ether oxygens (including phenoxy) is 4. The molecule has 0 atom stereocenters. The molecular formula is C33H28O5. The van der Waals surface area contributed by atoms with Crippen molar-refractivity contribution in [2.24, 2.45) is 0 Å². The summed E-state index contributed by atoms with van der Waals surface area (Å²) in [5, 5.41) is 0. The van der Waals surface area contributed by atoms with Crippen molar-refractivity contribution in [3.63, 3.8) is 0 Å². The van der Waals surface area contributed by atoms with Crippen LogP contribution >= 0.6 is 0 Å². The lowest BCUT2D eigenvalue weighted by Crippen LogP contribution is -2.02. The molecule has 0 fully saturated rings. The molecule has 0 saturated carbocycles. The number of ketones is 1. The van der Waals surface area contributed by atoms with Gasteiger partial charge in [-0.15, -0.1) is 0 Å². The average Bonchev–Trinajstić information content (AvgIpc) is 3.29. The molecule has 5 nitrogen and oxygen atoms in total. The second kappa shape index (κ2) is 10.7. The fourth-order valence-electron chi connectivity index (χ4n) is 4.92. The second-order valence-electron chi connectivity index (χ2n) is 8.70.